The SMILES string of the molecule is CCN(CC)c1ccc(/C=N/NC(=O)NN)c(O)c1. The third-order valence-electron chi connectivity index (χ3n) is 2.64. The quantitative estimate of drug-likeness (QED) is 0.273. The van der Waals surface area contributed by atoms with E-state index in [4.69, 9.17) is 5.84 Å². The third-order valence-corrected chi connectivity index (χ3v) is 2.64. The summed E-state index contributed by atoms with van der Waals surface area (Å²) in [5.41, 5.74) is 5.46. The predicted molar refractivity (Wildman–Crippen MR) is 75.1 cm³/mol. The molecule has 0 bridgehead atoms. The van der Waals surface area contributed by atoms with Gasteiger partial charge < -0.3 is 10.0 Å². The van der Waals surface area contributed by atoms with Gasteiger partial charge >= 0.3 is 6.03 Å². The van der Waals surface area contributed by atoms with E-state index < -0.39 is 6.03 Å². The van der Waals surface area contributed by atoms with Crippen molar-refractivity contribution in [3.63, 3.8) is 0 Å². The highest BCUT2D eigenvalue weighted by molar-refractivity contribution is 5.85. The van der Waals surface area contributed by atoms with Gasteiger partial charge in [0, 0.05) is 30.4 Å². The molecule has 5 N–H and O–H groups in total. The van der Waals surface area contributed by atoms with Crippen LogP contribution < -0.4 is 21.6 Å². The van der Waals surface area contributed by atoms with Gasteiger partial charge in [-0.25, -0.2) is 16.1 Å². The summed E-state index contributed by atoms with van der Waals surface area (Å²) in [6.45, 7) is 5.82. The van der Waals surface area contributed by atoms with Crippen molar-refractivity contribution in [2.24, 2.45) is 10.9 Å². The number of amides is 2. The molecule has 0 aliphatic carbocycles. The Labute approximate surface area is 112 Å². The highest BCUT2D eigenvalue weighted by Crippen LogP contribution is 2.23. The van der Waals surface area contributed by atoms with Gasteiger partial charge in [0.15, 0.2) is 0 Å². The van der Waals surface area contributed by atoms with Crippen LogP contribution in [0, 0.1) is 0 Å². The second kappa shape index (κ2) is 7.22. The molecule has 19 heavy (non-hydrogen) atoms. The average molecular weight is 265 g/mol. The number of anilines is 1. The standard InChI is InChI=1S/C12H19N5O2/c1-3-17(4-2)10-6-5-9(11(18)7-10)8-14-16-12(19)15-13/h5-8,18H,3-4,13H2,1-2H3,(H2,15,16,19)/b14-8+. The molecular weight excluding hydrogens is 246 g/mol. The number of carbonyl (C=O) groups is 1. The number of rotatable bonds is 5. The van der Waals surface area contributed by atoms with E-state index in [2.05, 4.69) is 15.4 Å². The van der Waals surface area contributed by atoms with Gasteiger partial charge in [0.1, 0.15) is 5.75 Å². The molecule has 0 spiro atoms. The molecule has 0 fully saturated rings. The van der Waals surface area contributed by atoms with E-state index in [0.717, 1.165) is 18.8 Å². The Kier molecular flexibility index (Phi) is 5.62. The van der Waals surface area contributed by atoms with E-state index in [1.165, 1.54) is 6.21 Å². The van der Waals surface area contributed by atoms with Gasteiger partial charge in [0.2, 0.25) is 0 Å². The number of nitrogens with one attached hydrogen (secondary N) is 2. The van der Waals surface area contributed by atoms with Crippen molar-refractivity contribution >= 4 is 17.9 Å². The maximum absolute atomic E-state index is 10.8. The molecule has 1 aromatic carbocycles. The Morgan fingerprint density at radius 1 is 1.47 bits per heavy atom. The lowest BCUT2D eigenvalue weighted by Crippen LogP contribution is -2.37. The van der Waals surface area contributed by atoms with Crippen LogP contribution in [0.2, 0.25) is 0 Å². The van der Waals surface area contributed by atoms with Crippen LogP contribution in [0.4, 0.5) is 10.5 Å². The van der Waals surface area contributed by atoms with Crippen LogP contribution in [0.3, 0.4) is 0 Å². The van der Waals surface area contributed by atoms with Gasteiger partial charge in [-0.05, 0) is 26.0 Å². The van der Waals surface area contributed by atoms with Crippen LogP contribution in [0.15, 0.2) is 23.3 Å². The van der Waals surface area contributed by atoms with Crippen molar-refractivity contribution in [3.05, 3.63) is 23.8 Å². The zero-order valence-corrected chi connectivity index (χ0v) is 11.1. The number of hydrogen-bond donors (Lipinski definition) is 4. The largest absolute Gasteiger partial charge is 0.507 e. The normalized spacial score (nSPS) is 10.5. The number of carbonyl (C=O) groups excluding carboxylic acids is 1. The van der Waals surface area contributed by atoms with Gasteiger partial charge in [-0.2, -0.15) is 5.10 Å². The van der Waals surface area contributed by atoms with Crippen molar-refractivity contribution < 1.29 is 9.90 Å². The summed E-state index contributed by atoms with van der Waals surface area (Å²) in [5, 5.41) is 13.5. The first-order valence-electron chi connectivity index (χ1n) is 6.00. The smallest absolute Gasteiger partial charge is 0.349 e. The molecule has 0 aliphatic heterocycles. The number of urea groups is 1. The van der Waals surface area contributed by atoms with Gasteiger partial charge in [0.05, 0.1) is 6.21 Å². The number of hydrogen-bond acceptors (Lipinski definition) is 5. The van der Waals surface area contributed by atoms with E-state index in [-0.39, 0.29) is 5.75 Å². The van der Waals surface area contributed by atoms with Gasteiger partial charge in [-0.15, -0.1) is 0 Å². The topological polar surface area (TPSA) is 103 Å². The predicted octanol–water partition coefficient (Wildman–Crippen LogP) is 0.745. The molecule has 7 heteroatoms. The second-order valence-electron chi connectivity index (χ2n) is 3.76. The summed E-state index contributed by atoms with van der Waals surface area (Å²) >= 11 is 0. The maximum Gasteiger partial charge on any atom is 0.349 e. The number of nitrogens with two attached hydrogens (primary N) is 1. The number of hydrazone groups is 1. The minimum atomic E-state index is -0.629. The van der Waals surface area contributed by atoms with Gasteiger partial charge in [0.25, 0.3) is 0 Å². The molecule has 1 rings (SSSR count). The molecule has 7 nitrogen and oxygen atoms in total. The van der Waals surface area contributed by atoms with Crippen LogP contribution in [0.1, 0.15) is 19.4 Å². The van der Waals surface area contributed by atoms with Crippen molar-refractivity contribution in [3.8, 4) is 5.75 Å². The monoisotopic (exact) mass is 265 g/mol. The molecule has 1 aromatic rings. The summed E-state index contributed by atoms with van der Waals surface area (Å²) in [7, 11) is 0. The van der Waals surface area contributed by atoms with E-state index in [1.807, 2.05) is 25.3 Å². The number of phenolic OH excluding ortho intramolecular Hbond substituents is 1. The molecule has 0 unspecified atom stereocenters. The van der Waals surface area contributed by atoms with Crippen LogP contribution in [-0.4, -0.2) is 30.4 Å². The first-order chi connectivity index (χ1) is 9.12. The molecule has 0 saturated carbocycles. The average Bonchev–Trinajstić information content (AvgIpc) is 2.42. The highest BCUT2D eigenvalue weighted by Gasteiger charge is 2.05. The highest BCUT2D eigenvalue weighted by atomic mass is 16.3. The van der Waals surface area contributed by atoms with E-state index in [9.17, 15) is 9.90 Å². The first kappa shape index (κ1) is 14.8. The second-order valence-corrected chi connectivity index (χ2v) is 3.76. The fourth-order valence-electron chi connectivity index (χ4n) is 1.62. The minimum absolute atomic E-state index is 0.100. The fourth-order valence-corrected chi connectivity index (χ4v) is 1.62. The van der Waals surface area contributed by atoms with E-state index >= 15 is 0 Å². The molecular formula is C12H19N5O2. The molecule has 0 heterocycles. The number of nitrogens with zero attached hydrogens (tertiary/aromatic N) is 2. The van der Waals surface area contributed by atoms with Crippen LogP contribution in [-0.2, 0) is 0 Å². The van der Waals surface area contributed by atoms with Crippen LogP contribution in [0.5, 0.6) is 5.75 Å². The molecule has 0 saturated heterocycles. The summed E-state index contributed by atoms with van der Waals surface area (Å²) < 4.78 is 0. The van der Waals surface area contributed by atoms with E-state index in [1.54, 1.807) is 12.1 Å². The molecule has 0 atom stereocenters. The van der Waals surface area contributed by atoms with Gasteiger partial charge in [-0.3, -0.25) is 5.43 Å². The number of aromatic hydroxyl groups is 1. The zero-order chi connectivity index (χ0) is 14.3. The van der Waals surface area contributed by atoms with Crippen LogP contribution >= 0.6 is 0 Å². The lowest BCUT2D eigenvalue weighted by Gasteiger charge is -2.21. The Bertz CT molecular complexity index is 457. The Hall–Kier alpha value is -2.28. The van der Waals surface area contributed by atoms with Crippen molar-refractivity contribution in [1.29, 1.82) is 0 Å². The Balaban J connectivity index is 2.80. The molecule has 2 amide bonds. The van der Waals surface area contributed by atoms with Crippen molar-refractivity contribution in [2.45, 2.75) is 13.8 Å². The number of benzene rings is 1. The lowest BCUT2D eigenvalue weighted by molar-refractivity contribution is 0.241. The Morgan fingerprint density at radius 3 is 2.68 bits per heavy atom. The van der Waals surface area contributed by atoms with Crippen molar-refractivity contribution in [2.75, 3.05) is 18.0 Å². The summed E-state index contributed by atoms with van der Waals surface area (Å²) in [6.07, 6.45) is 1.34. The summed E-state index contributed by atoms with van der Waals surface area (Å²) in [5.74, 6) is 4.97. The Morgan fingerprint density at radius 2 is 2.16 bits per heavy atom. The van der Waals surface area contributed by atoms with Crippen molar-refractivity contribution in [1.82, 2.24) is 10.9 Å². The van der Waals surface area contributed by atoms with E-state index in [0.29, 0.717) is 5.56 Å². The third kappa shape index (κ3) is 4.14. The minimum Gasteiger partial charge on any atom is -0.507 e. The van der Waals surface area contributed by atoms with Crippen LogP contribution in [0.25, 0.3) is 0 Å². The maximum atomic E-state index is 10.8. The van der Waals surface area contributed by atoms with Gasteiger partial charge in [-0.1, -0.05) is 0 Å². The number of phenols is 1. The first-order valence-corrected chi connectivity index (χ1v) is 6.00. The fraction of sp³-hybridized carbons (Fsp3) is 0.333. The molecule has 0 aromatic heterocycles. The summed E-state index contributed by atoms with van der Waals surface area (Å²) in [6, 6.07) is 4.65. The molecule has 104 valence electrons. The molecule has 0 aliphatic rings. The molecule has 0 radical (unpaired) electrons. The lowest BCUT2D eigenvalue weighted by atomic mass is 10.2. The number of hydrazine groups is 1. The zero-order valence-electron chi connectivity index (χ0n) is 11.1. The summed E-state index contributed by atoms with van der Waals surface area (Å²) in [4.78, 5) is 12.9.